The fourth-order valence-corrected chi connectivity index (χ4v) is 2.49. The molecule has 0 bridgehead atoms. The van der Waals surface area contributed by atoms with Gasteiger partial charge in [-0.05, 0) is 29.8 Å². The van der Waals surface area contributed by atoms with E-state index in [2.05, 4.69) is 25.7 Å². The zero-order chi connectivity index (χ0) is 16.5. The molecule has 3 aromatic heterocycles. The average Bonchev–Trinajstić information content (AvgIpc) is 3.25. The maximum absolute atomic E-state index is 12.5. The van der Waals surface area contributed by atoms with Crippen molar-refractivity contribution in [2.24, 2.45) is 0 Å². The number of carbonyl (C=O) groups is 1. The average molecular weight is 320 g/mol. The number of nitrogens with zero attached hydrogens (tertiary/aromatic N) is 3. The fourth-order valence-electron chi connectivity index (χ4n) is 2.49. The molecule has 0 saturated carbocycles. The van der Waals surface area contributed by atoms with Crippen molar-refractivity contribution in [3.63, 3.8) is 0 Å². The Morgan fingerprint density at radius 1 is 1.17 bits per heavy atom. The maximum Gasteiger partial charge on any atom is 0.347 e. The van der Waals surface area contributed by atoms with Gasteiger partial charge in [0.25, 0.3) is 5.91 Å². The van der Waals surface area contributed by atoms with E-state index in [1.165, 1.54) is 4.40 Å². The van der Waals surface area contributed by atoms with Crippen LogP contribution in [0.1, 0.15) is 10.4 Å². The number of hydrogen-bond donors (Lipinski definition) is 3. The highest BCUT2D eigenvalue weighted by atomic mass is 16.2. The van der Waals surface area contributed by atoms with E-state index in [4.69, 9.17) is 0 Å². The number of aromatic amines is 2. The summed E-state index contributed by atoms with van der Waals surface area (Å²) in [5, 5.41) is 15.7. The molecular weight excluding hydrogens is 308 g/mol. The van der Waals surface area contributed by atoms with Gasteiger partial charge >= 0.3 is 5.69 Å². The summed E-state index contributed by atoms with van der Waals surface area (Å²) in [6, 6.07) is 10.6. The van der Waals surface area contributed by atoms with Crippen LogP contribution in [-0.4, -0.2) is 30.7 Å². The zero-order valence-corrected chi connectivity index (χ0v) is 12.4. The molecule has 0 atom stereocenters. The van der Waals surface area contributed by atoms with Crippen LogP contribution in [0.3, 0.4) is 0 Å². The summed E-state index contributed by atoms with van der Waals surface area (Å²) in [5.41, 5.74) is 2.69. The van der Waals surface area contributed by atoms with Crippen molar-refractivity contribution in [2.45, 2.75) is 0 Å². The summed E-state index contributed by atoms with van der Waals surface area (Å²) in [6.07, 6.45) is 5.03. The molecule has 8 heteroatoms. The Bertz CT molecular complexity index is 1080. The molecule has 8 nitrogen and oxygen atoms in total. The van der Waals surface area contributed by atoms with Gasteiger partial charge in [-0.3, -0.25) is 9.89 Å². The van der Waals surface area contributed by atoms with E-state index in [0.717, 1.165) is 11.1 Å². The molecule has 4 aromatic rings. The molecule has 4 rings (SSSR count). The van der Waals surface area contributed by atoms with E-state index in [9.17, 15) is 9.59 Å². The van der Waals surface area contributed by atoms with Crippen molar-refractivity contribution >= 4 is 17.2 Å². The number of carbonyl (C=O) groups excluding carboxylic acids is 1. The molecule has 0 aliphatic carbocycles. The Kier molecular flexibility index (Phi) is 3.20. The number of hydrogen-bond acceptors (Lipinski definition) is 4. The second kappa shape index (κ2) is 5.51. The van der Waals surface area contributed by atoms with E-state index < -0.39 is 0 Å². The first-order valence-corrected chi connectivity index (χ1v) is 7.19. The Morgan fingerprint density at radius 3 is 2.92 bits per heavy atom. The predicted molar refractivity (Wildman–Crippen MR) is 87.8 cm³/mol. The standard InChI is InChI=1S/C16H12N6O2/c23-15(13-5-2-6-22-14(13)20-21-16(22)24)19-12-4-1-3-10(7-12)11-8-17-18-9-11/h1-9H,(H,17,18)(H,19,23)(H,21,24). The largest absolute Gasteiger partial charge is 0.347 e. The Hall–Kier alpha value is -3.68. The molecule has 3 N–H and O–H groups in total. The number of fused-ring (bicyclic) bond motifs is 1. The highest BCUT2D eigenvalue weighted by Crippen LogP contribution is 2.22. The number of rotatable bonds is 3. The lowest BCUT2D eigenvalue weighted by Crippen LogP contribution is -2.15. The minimum atomic E-state index is -0.387. The van der Waals surface area contributed by atoms with E-state index >= 15 is 0 Å². The van der Waals surface area contributed by atoms with Crippen molar-refractivity contribution < 1.29 is 4.79 Å². The van der Waals surface area contributed by atoms with Crippen LogP contribution in [0.15, 0.2) is 59.8 Å². The molecule has 3 heterocycles. The Morgan fingerprint density at radius 2 is 2.08 bits per heavy atom. The van der Waals surface area contributed by atoms with Gasteiger partial charge in [0.05, 0.1) is 11.8 Å². The van der Waals surface area contributed by atoms with E-state index in [1.807, 2.05) is 18.2 Å². The molecule has 0 radical (unpaired) electrons. The normalized spacial score (nSPS) is 10.8. The lowest BCUT2D eigenvalue weighted by atomic mass is 10.1. The highest BCUT2D eigenvalue weighted by Gasteiger charge is 2.13. The maximum atomic E-state index is 12.5. The lowest BCUT2D eigenvalue weighted by Gasteiger charge is -2.07. The second-order valence-corrected chi connectivity index (χ2v) is 5.17. The third-order valence-electron chi connectivity index (χ3n) is 3.64. The fraction of sp³-hybridized carbons (Fsp3) is 0. The van der Waals surface area contributed by atoms with E-state index in [0.29, 0.717) is 11.3 Å². The lowest BCUT2D eigenvalue weighted by molar-refractivity contribution is 0.102. The summed E-state index contributed by atoms with van der Waals surface area (Å²) in [7, 11) is 0. The van der Waals surface area contributed by atoms with Crippen molar-refractivity contribution in [1.29, 1.82) is 0 Å². The topological polar surface area (TPSA) is 108 Å². The summed E-state index contributed by atoms with van der Waals surface area (Å²) in [5.74, 6) is -0.344. The number of anilines is 1. The number of H-pyrrole nitrogens is 2. The predicted octanol–water partition coefficient (Wildman–Crippen LogP) is 1.66. The van der Waals surface area contributed by atoms with Gasteiger partial charge in [-0.25, -0.2) is 14.3 Å². The minimum Gasteiger partial charge on any atom is -0.322 e. The van der Waals surface area contributed by atoms with Gasteiger partial charge in [0.1, 0.15) is 0 Å². The first kappa shape index (κ1) is 13.9. The molecule has 0 unspecified atom stereocenters. The van der Waals surface area contributed by atoms with E-state index in [-0.39, 0.29) is 17.2 Å². The number of amides is 1. The van der Waals surface area contributed by atoms with Gasteiger partial charge in [-0.2, -0.15) is 10.2 Å². The van der Waals surface area contributed by atoms with Crippen LogP contribution >= 0.6 is 0 Å². The second-order valence-electron chi connectivity index (χ2n) is 5.17. The number of pyridine rings is 1. The van der Waals surface area contributed by atoms with Crippen LogP contribution in [0.2, 0.25) is 0 Å². The summed E-state index contributed by atoms with van der Waals surface area (Å²) in [4.78, 5) is 24.1. The number of benzene rings is 1. The molecule has 0 fully saturated rings. The number of aromatic nitrogens is 5. The Balaban J connectivity index is 1.67. The quantitative estimate of drug-likeness (QED) is 0.533. The van der Waals surface area contributed by atoms with Gasteiger partial charge in [0.15, 0.2) is 5.65 Å². The molecule has 1 amide bonds. The monoisotopic (exact) mass is 320 g/mol. The van der Waals surface area contributed by atoms with E-state index in [1.54, 1.807) is 36.8 Å². The zero-order valence-electron chi connectivity index (χ0n) is 12.4. The van der Waals surface area contributed by atoms with Gasteiger partial charge in [-0.1, -0.05) is 12.1 Å². The van der Waals surface area contributed by atoms with Crippen molar-refractivity contribution in [2.75, 3.05) is 5.32 Å². The molecule has 118 valence electrons. The molecule has 0 saturated heterocycles. The molecule has 0 spiro atoms. The smallest absolute Gasteiger partial charge is 0.322 e. The minimum absolute atomic E-state index is 0.283. The highest BCUT2D eigenvalue weighted by molar-refractivity contribution is 6.08. The van der Waals surface area contributed by atoms with Gasteiger partial charge < -0.3 is 5.32 Å². The van der Waals surface area contributed by atoms with Crippen LogP contribution < -0.4 is 11.0 Å². The van der Waals surface area contributed by atoms with Crippen molar-refractivity contribution in [3.05, 3.63) is 71.0 Å². The van der Waals surface area contributed by atoms with Crippen LogP contribution in [-0.2, 0) is 0 Å². The molecule has 24 heavy (non-hydrogen) atoms. The van der Waals surface area contributed by atoms with Gasteiger partial charge in [0, 0.05) is 23.6 Å². The van der Waals surface area contributed by atoms with Crippen molar-refractivity contribution in [1.82, 2.24) is 24.8 Å². The van der Waals surface area contributed by atoms with Gasteiger partial charge in [-0.15, -0.1) is 0 Å². The first-order valence-electron chi connectivity index (χ1n) is 7.19. The third-order valence-corrected chi connectivity index (χ3v) is 3.64. The molecule has 0 aliphatic heterocycles. The van der Waals surface area contributed by atoms with Crippen LogP contribution in [0.4, 0.5) is 5.69 Å². The molecular formula is C16H12N6O2. The third kappa shape index (κ3) is 2.35. The SMILES string of the molecule is O=C(Nc1cccc(-c2cn[nH]c2)c1)c1cccn2c(=O)[nH]nc12. The first-order chi connectivity index (χ1) is 11.7. The Labute approximate surface area is 135 Å². The van der Waals surface area contributed by atoms with Crippen LogP contribution in [0.5, 0.6) is 0 Å². The molecule has 1 aromatic carbocycles. The summed E-state index contributed by atoms with van der Waals surface area (Å²) >= 11 is 0. The van der Waals surface area contributed by atoms with Crippen molar-refractivity contribution in [3.8, 4) is 11.1 Å². The van der Waals surface area contributed by atoms with Crippen LogP contribution in [0, 0.1) is 0 Å². The van der Waals surface area contributed by atoms with Crippen LogP contribution in [0.25, 0.3) is 16.8 Å². The summed E-state index contributed by atoms with van der Waals surface area (Å²) in [6.45, 7) is 0. The summed E-state index contributed by atoms with van der Waals surface area (Å²) < 4.78 is 1.29. The van der Waals surface area contributed by atoms with Gasteiger partial charge in [0.2, 0.25) is 0 Å². The number of nitrogens with one attached hydrogen (secondary N) is 3. The molecule has 0 aliphatic rings.